The van der Waals surface area contributed by atoms with E-state index in [1.54, 1.807) is 49.7 Å². The molecular weight excluding hydrogens is 542 g/mol. The van der Waals surface area contributed by atoms with Gasteiger partial charge in [-0.3, -0.25) is 4.79 Å². The number of ether oxygens (including phenoxy) is 5. The van der Waals surface area contributed by atoms with Crippen LogP contribution in [0.25, 0.3) is 10.2 Å². The summed E-state index contributed by atoms with van der Waals surface area (Å²) in [5, 5.41) is 6.23. The molecule has 0 saturated heterocycles. The average molecular weight is 570 g/mol. The molecule has 0 saturated carbocycles. The quantitative estimate of drug-likeness (QED) is 0.135. The maximum Gasteiger partial charge on any atom is 0.280 e. The van der Waals surface area contributed by atoms with Crippen LogP contribution in [0.15, 0.2) is 90.0 Å². The van der Waals surface area contributed by atoms with Gasteiger partial charge >= 0.3 is 0 Å². The summed E-state index contributed by atoms with van der Waals surface area (Å²) in [5.74, 6) is 2.86. The fourth-order valence-corrected chi connectivity index (χ4v) is 4.99. The second-order valence-electron chi connectivity index (χ2n) is 8.59. The molecule has 9 nitrogen and oxygen atoms in total. The van der Waals surface area contributed by atoms with Crippen LogP contribution in [0.1, 0.15) is 15.9 Å². The predicted molar refractivity (Wildman–Crippen MR) is 160 cm³/mol. The molecule has 5 aromatic rings. The van der Waals surface area contributed by atoms with Crippen LogP contribution in [0.2, 0.25) is 0 Å². The van der Waals surface area contributed by atoms with Crippen molar-refractivity contribution in [3.8, 4) is 34.5 Å². The van der Waals surface area contributed by atoms with Gasteiger partial charge in [0.1, 0.15) is 17.2 Å². The van der Waals surface area contributed by atoms with E-state index in [9.17, 15) is 4.79 Å². The fraction of sp³-hybridized carbons (Fsp3) is 0.129. The summed E-state index contributed by atoms with van der Waals surface area (Å²) in [7, 11) is 6.21. The minimum Gasteiger partial charge on any atom is -0.497 e. The van der Waals surface area contributed by atoms with E-state index in [-0.39, 0.29) is 0 Å². The normalized spacial score (nSPS) is 10.9. The Morgan fingerprint density at radius 2 is 1.51 bits per heavy atom. The minimum absolute atomic E-state index is 0.373. The lowest BCUT2D eigenvalue weighted by atomic mass is 10.2. The summed E-state index contributed by atoms with van der Waals surface area (Å²) in [6.07, 6.45) is 1.54. The molecule has 0 aliphatic carbocycles. The molecule has 0 fully saturated rings. The Morgan fingerprint density at radius 3 is 2.20 bits per heavy atom. The molecule has 0 unspecified atom stereocenters. The summed E-state index contributed by atoms with van der Waals surface area (Å²) in [5.41, 5.74) is 1.71. The van der Waals surface area contributed by atoms with E-state index in [0.717, 1.165) is 4.70 Å². The molecule has 1 aromatic heterocycles. The highest BCUT2D eigenvalue weighted by Crippen LogP contribution is 2.38. The molecule has 0 spiro atoms. The molecule has 4 aromatic carbocycles. The van der Waals surface area contributed by atoms with Crippen LogP contribution in [-0.4, -0.2) is 45.5 Å². The van der Waals surface area contributed by atoms with Crippen molar-refractivity contribution in [1.29, 1.82) is 0 Å². The van der Waals surface area contributed by atoms with Gasteiger partial charge in [0.15, 0.2) is 11.5 Å². The van der Waals surface area contributed by atoms with Crippen molar-refractivity contribution in [3.05, 3.63) is 96.1 Å². The highest BCUT2D eigenvalue weighted by molar-refractivity contribution is 7.22. The Balaban J connectivity index is 1.55. The fourth-order valence-electron chi connectivity index (χ4n) is 4.04. The van der Waals surface area contributed by atoms with Gasteiger partial charge < -0.3 is 23.7 Å². The molecule has 0 atom stereocenters. The molecule has 1 amide bonds. The number of para-hydroxylation sites is 1. The molecule has 0 aliphatic rings. The summed E-state index contributed by atoms with van der Waals surface area (Å²) in [4.78, 5) is 18.6. The maximum absolute atomic E-state index is 13.9. The molecule has 0 N–H and O–H groups in total. The maximum atomic E-state index is 13.9. The second-order valence-corrected chi connectivity index (χ2v) is 9.60. The van der Waals surface area contributed by atoms with Gasteiger partial charge in [-0.15, -0.1) is 0 Å². The molecule has 10 heteroatoms. The second kappa shape index (κ2) is 12.4. The summed E-state index contributed by atoms with van der Waals surface area (Å²) in [6.45, 7) is 0. The molecule has 5 rings (SSSR count). The summed E-state index contributed by atoms with van der Waals surface area (Å²) in [6, 6.07) is 25.3. The number of thiazole rings is 1. The van der Waals surface area contributed by atoms with Crippen LogP contribution >= 0.6 is 11.3 Å². The first-order valence-corrected chi connectivity index (χ1v) is 13.3. The number of rotatable bonds is 10. The van der Waals surface area contributed by atoms with Crippen LogP contribution < -0.4 is 28.7 Å². The highest BCUT2D eigenvalue weighted by Gasteiger charge is 2.22. The number of carbonyl (C=O) groups is 1. The lowest BCUT2D eigenvalue weighted by Crippen LogP contribution is -2.25. The first-order valence-electron chi connectivity index (χ1n) is 12.5. The number of fused-ring (bicyclic) bond motifs is 1. The molecule has 1 heterocycles. The Kier molecular flexibility index (Phi) is 8.31. The third-order valence-corrected chi connectivity index (χ3v) is 7.02. The van der Waals surface area contributed by atoms with Gasteiger partial charge in [0.25, 0.3) is 5.91 Å². The largest absolute Gasteiger partial charge is 0.497 e. The standard InChI is InChI=1S/C31H27N3O6S/c1-36-23-13-14-25-28(18-23)41-31(33-25)34(32-19-20-15-26(37-2)29(39-4)27(16-20)38-3)30(35)21-9-8-12-24(17-21)40-22-10-6-5-7-11-22/h5-19H,1-4H3/b32-19+. The van der Waals surface area contributed by atoms with Crippen molar-refractivity contribution in [1.82, 2.24) is 4.98 Å². The van der Waals surface area contributed by atoms with Crippen molar-refractivity contribution in [2.24, 2.45) is 5.10 Å². The van der Waals surface area contributed by atoms with Crippen LogP contribution in [0, 0.1) is 0 Å². The van der Waals surface area contributed by atoms with Gasteiger partial charge in [0, 0.05) is 11.1 Å². The zero-order valence-electron chi connectivity index (χ0n) is 22.9. The van der Waals surface area contributed by atoms with Gasteiger partial charge in [0.05, 0.1) is 44.9 Å². The Labute approximate surface area is 241 Å². The number of anilines is 1. The molecule has 0 radical (unpaired) electrons. The van der Waals surface area contributed by atoms with Gasteiger partial charge in [-0.1, -0.05) is 35.6 Å². The lowest BCUT2D eigenvalue weighted by Gasteiger charge is -2.15. The number of hydrazone groups is 1. The topological polar surface area (TPSA) is 91.7 Å². The van der Waals surface area contributed by atoms with Gasteiger partial charge in [-0.25, -0.2) is 4.98 Å². The van der Waals surface area contributed by atoms with Crippen LogP contribution in [0.3, 0.4) is 0 Å². The summed E-state index contributed by atoms with van der Waals surface area (Å²) < 4.78 is 28.5. The number of nitrogens with zero attached hydrogens (tertiary/aromatic N) is 3. The molecule has 208 valence electrons. The van der Waals surface area contributed by atoms with E-state index >= 15 is 0 Å². The van der Waals surface area contributed by atoms with Crippen molar-refractivity contribution in [3.63, 3.8) is 0 Å². The van der Waals surface area contributed by atoms with E-state index in [2.05, 4.69) is 10.1 Å². The monoisotopic (exact) mass is 569 g/mol. The lowest BCUT2D eigenvalue weighted by molar-refractivity contribution is 0.0987. The van der Waals surface area contributed by atoms with Crippen molar-refractivity contribution < 1.29 is 28.5 Å². The molecule has 0 aliphatic heterocycles. The highest BCUT2D eigenvalue weighted by atomic mass is 32.1. The van der Waals surface area contributed by atoms with Gasteiger partial charge in [-0.2, -0.15) is 10.1 Å². The van der Waals surface area contributed by atoms with Crippen LogP contribution in [-0.2, 0) is 0 Å². The van der Waals surface area contributed by atoms with Crippen LogP contribution in [0.4, 0.5) is 5.13 Å². The molecule has 0 bridgehead atoms. The van der Waals surface area contributed by atoms with Crippen molar-refractivity contribution in [2.75, 3.05) is 33.4 Å². The van der Waals surface area contributed by atoms with Gasteiger partial charge in [-0.05, 0) is 60.7 Å². The smallest absolute Gasteiger partial charge is 0.280 e. The van der Waals surface area contributed by atoms with E-state index in [1.165, 1.54) is 37.7 Å². The SMILES string of the molecule is COc1ccc2nc(N(/N=C/c3cc(OC)c(OC)c(OC)c3)C(=O)c3cccc(Oc4ccccc4)c3)sc2c1. The van der Waals surface area contributed by atoms with E-state index in [0.29, 0.717) is 56.3 Å². The number of methoxy groups -OCH3 is 4. The summed E-state index contributed by atoms with van der Waals surface area (Å²) >= 11 is 1.32. The first kappa shape index (κ1) is 27.5. The zero-order chi connectivity index (χ0) is 28.8. The first-order chi connectivity index (χ1) is 20.0. The number of amides is 1. The number of aromatic nitrogens is 1. The average Bonchev–Trinajstić information content (AvgIpc) is 3.44. The Morgan fingerprint density at radius 1 is 0.780 bits per heavy atom. The number of carbonyl (C=O) groups excluding carboxylic acids is 1. The van der Waals surface area contributed by atoms with E-state index in [1.807, 2.05) is 48.5 Å². The molecule has 41 heavy (non-hydrogen) atoms. The van der Waals surface area contributed by atoms with Crippen molar-refractivity contribution >= 4 is 38.8 Å². The zero-order valence-corrected chi connectivity index (χ0v) is 23.7. The number of benzene rings is 4. The Bertz CT molecular complexity index is 1680. The van der Waals surface area contributed by atoms with E-state index in [4.69, 9.17) is 23.7 Å². The van der Waals surface area contributed by atoms with Crippen LogP contribution in [0.5, 0.6) is 34.5 Å². The van der Waals surface area contributed by atoms with Gasteiger partial charge in [0.2, 0.25) is 10.9 Å². The number of hydrogen-bond donors (Lipinski definition) is 0. The van der Waals surface area contributed by atoms with Crippen molar-refractivity contribution in [2.45, 2.75) is 0 Å². The Hall–Kier alpha value is -5.09. The minimum atomic E-state index is -0.391. The molecular formula is C31H27N3O6S. The predicted octanol–water partition coefficient (Wildman–Crippen LogP) is 6.80. The van der Waals surface area contributed by atoms with E-state index < -0.39 is 5.91 Å². The third kappa shape index (κ3) is 6.07. The third-order valence-electron chi connectivity index (χ3n) is 6.03. The number of hydrogen-bond acceptors (Lipinski definition) is 9.